The third-order valence-electron chi connectivity index (χ3n) is 10.1. The van der Waals surface area contributed by atoms with Crippen molar-refractivity contribution < 1.29 is 14.0 Å². The predicted molar refractivity (Wildman–Crippen MR) is 185 cm³/mol. The van der Waals surface area contributed by atoms with Crippen LogP contribution in [0.3, 0.4) is 0 Å². The van der Waals surface area contributed by atoms with Crippen molar-refractivity contribution in [3.63, 3.8) is 0 Å². The van der Waals surface area contributed by atoms with Gasteiger partial charge in [0.15, 0.2) is 0 Å². The molecule has 0 saturated heterocycles. The van der Waals surface area contributed by atoms with Crippen molar-refractivity contribution in [3.05, 3.63) is 156 Å². The molecule has 0 amide bonds. The Morgan fingerprint density at radius 3 is 1.40 bits per heavy atom. The first kappa shape index (κ1) is 28.8. The topological polar surface area (TPSA) is 55.7 Å². The van der Waals surface area contributed by atoms with Gasteiger partial charge in [-0.15, -0.1) is 0 Å². The zero-order valence-electron chi connectivity index (χ0n) is 24.5. The molecule has 7 heteroatoms. The van der Waals surface area contributed by atoms with Gasteiger partial charge in [-0.1, -0.05) is 156 Å². The van der Waals surface area contributed by atoms with Gasteiger partial charge >= 0.3 is 0 Å². The highest BCUT2D eigenvalue weighted by Gasteiger charge is 2.70. The number of fused-ring (bicyclic) bond motifs is 5. The normalized spacial score (nSPS) is 25.4. The largest absolute Gasteiger partial charge is 0.391 e. The second kappa shape index (κ2) is 11.3. The lowest BCUT2D eigenvalue weighted by Crippen LogP contribution is -2.50. The summed E-state index contributed by atoms with van der Waals surface area (Å²) in [4.78, 5) is 6.32. The molecule has 0 spiro atoms. The average molecular weight is 648 g/mol. The van der Waals surface area contributed by atoms with Gasteiger partial charge in [-0.05, 0) is 18.4 Å². The van der Waals surface area contributed by atoms with Crippen LogP contribution in [0, 0.1) is 17.8 Å². The second-order valence-corrected chi connectivity index (χ2v) is 18.6. The van der Waals surface area contributed by atoms with E-state index in [1.165, 1.54) is 0 Å². The summed E-state index contributed by atoms with van der Waals surface area (Å²) in [5.74, 6) is -0.327. The van der Waals surface area contributed by atoms with E-state index < -0.39 is 25.6 Å². The molecule has 0 N–H and O–H groups in total. The lowest BCUT2D eigenvalue weighted by atomic mass is 9.80. The van der Waals surface area contributed by atoms with E-state index in [-0.39, 0.29) is 23.9 Å². The third-order valence-corrected chi connectivity index (χ3v) is 18.1. The van der Waals surface area contributed by atoms with E-state index in [1.807, 2.05) is 146 Å². The number of hydrogen-bond acceptors (Lipinski definition) is 4. The molecule has 3 aliphatic rings. The number of benzene rings is 5. The molecule has 4 nitrogen and oxygen atoms in total. The first-order valence-corrected chi connectivity index (χ1v) is 19.4. The minimum Gasteiger partial charge on any atom is -0.391 e. The van der Waals surface area contributed by atoms with E-state index in [9.17, 15) is 0 Å². The van der Waals surface area contributed by atoms with Gasteiger partial charge in [-0.25, -0.2) is 0 Å². The van der Waals surface area contributed by atoms with E-state index in [4.69, 9.17) is 16.4 Å². The van der Waals surface area contributed by atoms with Crippen LogP contribution in [-0.4, -0.2) is 23.1 Å². The molecule has 2 aliphatic carbocycles. The Kier molecular flexibility index (Phi) is 7.22. The van der Waals surface area contributed by atoms with E-state index in [0.717, 1.165) is 38.9 Å². The average Bonchev–Trinajstić information content (AvgIpc) is 3.82. The smallest absolute Gasteiger partial charge is 0.147 e. The van der Waals surface area contributed by atoms with E-state index in [1.54, 1.807) is 0 Å². The van der Waals surface area contributed by atoms with Gasteiger partial charge in [0, 0.05) is 55.0 Å². The van der Waals surface area contributed by atoms with Crippen LogP contribution in [-0.2, 0) is 14.0 Å². The Hall–Kier alpha value is -3.68. The molecule has 0 radical (unpaired) electrons. The maximum atomic E-state index is 16.4. The first-order chi connectivity index (χ1) is 22.0. The van der Waals surface area contributed by atoms with Crippen molar-refractivity contribution in [1.82, 2.24) is 0 Å². The fourth-order valence-electron chi connectivity index (χ4n) is 8.43. The van der Waals surface area contributed by atoms with Gasteiger partial charge < -0.3 is 14.0 Å². The molecule has 5 aromatic rings. The maximum Gasteiger partial charge on any atom is 0.147 e. The lowest BCUT2D eigenvalue weighted by molar-refractivity contribution is 0.0293. The van der Waals surface area contributed by atoms with Crippen molar-refractivity contribution in [2.24, 2.45) is 22.9 Å². The summed E-state index contributed by atoms with van der Waals surface area (Å²) < 4.78 is 32.7. The highest BCUT2D eigenvalue weighted by Crippen LogP contribution is 2.73. The zero-order chi connectivity index (χ0) is 30.6. The Morgan fingerprint density at radius 2 is 0.956 bits per heavy atom. The minimum atomic E-state index is -3.40. The van der Waals surface area contributed by atoms with Gasteiger partial charge in [0.05, 0.1) is 5.71 Å². The Bertz CT molecular complexity index is 1880. The minimum absolute atomic E-state index is 0.0884. The molecule has 6 atom stereocenters. The Balaban J connectivity index is 1.40. The van der Waals surface area contributed by atoms with Crippen molar-refractivity contribution in [2.75, 3.05) is 0 Å². The van der Waals surface area contributed by atoms with E-state index >= 15 is 9.13 Å². The van der Waals surface area contributed by atoms with Crippen LogP contribution in [0.4, 0.5) is 0 Å². The molecule has 224 valence electrons. The molecule has 0 unspecified atom stereocenters. The quantitative estimate of drug-likeness (QED) is 0.172. The SMILES string of the molecule is O=P(c1ccccc1)(c1ccccc1)[C@H]1[C@@H]2C[C@@H]([C@@H]3C(c4ccccc4Cl)=NO[C@@H]23)[C@@H]1P(=O)(c1ccccc1)c1ccccc1. The Morgan fingerprint density at radius 1 is 0.556 bits per heavy atom. The molecular weight excluding hydrogens is 616 g/mol. The number of oxime groups is 1. The summed E-state index contributed by atoms with van der Waals surface area (Å²) in [6, 6.07) is 47.0. The van der Waals surface area contributed by atoms with Crippen molar-refractivity contribution in [2.45, 2.75) is 23.8 Å². The molecule has 0 aromatic heterocycles. The summed E-state index contributed by atoms with van der Waals surface area (Å²) in [6.07, 6.45) is 0.477. The van der Waals surface area contributed by atoms with Crippen LogP contribution in [0.15, 0.2) is 151 Å². The van der Waals surface area contributed by atoms with Crippen LogP contribution < -0.4 is 21.2 Å². The summed E-state index contributed by atoms with van der Waals surface area (Å²) in [7, 11) is -6.79. The molecule has 2 bridgehead atoms. The van der Waals surface area contributed by atoms with Gasteiger partial charge in [-0.3, -0.25) is 0 Å². The fourth-order valence-corrected chi connectivity index (χ4v) is 17.2. The lowest BCUT2D eigenvalue weighted by Gasteiger charge is -2.44. The molecule has 1 heterocycles. The number of rotatable bonds is 7. The molecule has 8 rings (SSSR count). The third kappa shape index (κ3) is 4.38. The first-order valence-electron chi connectivity index (χ1n) is 15.4. The van der Waals surface area contributed by atoms with Crippen LogP contribution in [0.5, 0.6) is 0 Å². The number of nitrogens with zero attached hydrogens (tertiary/aromatic N) is 1. The van der Waals surface area contributed by atoms with Gasteiger partial charge in [0.25, 0.3) is 0 Å². The van der Waals surface area contributed by atoms with E-state index in [2.05, 4.69) is 5.16 Å². The van der Waals surface area contributed by atoms with Crippen molar-refractivity contribution >= 4 is 52.8 Å². The number of halogens is 1. The van der Waals surface area contributed by atoms with Crippen molar-refractivity contribution in [1.29, 1.82) is 0 Å². The van der Waals surface area contributed by atoms with Crippen LogP contribution >= 0.6 is 25.9 Å². The standard InChI is InChI=1S/C38H32ClNO3P2/c39-33-24-14-13-23-30(33)35-34-31-25-32(36(34)43-40-35)38(45(42,28-19-9-3-10-20-28)29-21-11-4-12-22-29)37(31)44(41,26-15-5-1-6-16-26)27-17-7-2-8-18-27/h1-24,31-32,34,36-38H,25H2/t31-,32+,34+,36-,37-,38-/m0/s1. The molecular formula is C38H32ClNO3P2. The summed E-state index contributed by atoms with van der Waals surface area (Å²) in [5, 5.41) is 8.44. The fraction of sp³-hybridized carbons (Fsp3) is 0.184. The highest BCUT2D eigenvalue weighted by atomic mass is 35.5. The van der Waals surface area contributed by atoms with Crippen LogP contribution in [0.1, 0.15) is 12.0 Å². The predicted octanol–water partition coefficient (Wildman–Crippen LogP) is 7.47. The second-order valence-electron chi connectivity index (χ2n) is 12.3. The van der Waals surface area contributed by atoms with Gasteiger partial charge in [0.2, 0.25) is 0 Å². The molecule has 5 aromatic carbocycles. The molecule has 2 fully saturated rings. The molecule has 45 heavy (non-hydrogen) atoms. The number of hydrogen-bond donors (Lipinski definition) is 0. The van der Waals surface area contributed by atoms with Crippen LogP contribution in [0.2, 0.25) is 5.02 Å². The van der Waals surface area contributed by atoms with Gasteiger partial charge in [-0.2, -0.15) is 0 Å². The van der Waals surface area contributed by atoms with Crippen LogP contribution in [0.25, 0.3) is 0 Å². The maximum absolute atomic E-state index is 16.4. The summed E-state index contributed by atoms with van der Waals surface area (Å²) in [5.41, 5.74) is 0.802. The van der Waals surface area contributed by atoms with E-state index in [0.29, 0.717) is 5.02 Å². The Labute approximate surface area is 268 Å². The summed E-state index contributed by atoms with van der Waals surface area (Å²) in [6.45, 7) is 0. The van der Waals surface area contributed by atoms with Gasteiger partial charge in [0.1, 0.15) is 20.4 Å². The molecule has 2 saturated carbocycles. The highest BCUT2D eigenvalue weighted by molar-refractivity contribution is 7.83. The monoisotopic (exact) mass is 647 g/mol. The van der Waals surface area contributed by atoms with Crippen molar-refractivity contribution in [3.8, 4) is 0 Å². The summed E-state index contributed by atoms with van der Waals surface area (Å²) >= 11 is 6.74. The zero-order valence-corrected chi connectivity index (χ0v) is 27.0. The molecule has 1 aliphatic heterocycles.